The highest BCUT2D eigenvalue weighted by molar-refractivity contribution is 7.07. The molecule has 1 aromatic heterocycles. The Balaban J connectivity index is 1.55. The lowest BCUT2D eigenvalue weighted by atomic mass is 10.00. The molecule has 2 fully saturated rings. The lowest BCUT2D eigenvalue weighted by Gasteiger charge is -2.35. The summed E-state index contributed by atoms with van der Waals surface area (Å²) < 4.78 is 0. The fourth-order valence-electron chi connectivity index (χ4n) is 3.37. The van der Waals surface area contributed by atoms with Crippen LogP contribution in [0.2, 0.25) is 0 Å². The van der Waals surface area contributed by atoms with Gasteiger partial charge < -0.3 is 20.4 Å². The van der Waals surface area contributed by atoms with Gasteiger partial charge in [0.25, 0.3) is 5.91 Å². The normalized spacial score (nSPS) is 30.7. The minimum Gasteiger partial charge on any atom is -0.389 e. The minimum atomic E-state index is -1.30. The Morgan fingerprint density at radius 1 is 1.52 bits per heavy atom. The molecule has 3 rings (SSSR count). The summed E-state index contributed by atoms with van der Waals surface area (Å²) in [7, 11) is 2.11. The van der Waals surface area contributed by atoms with Crippen molar-refractivity contribution in [2.75, 3.05) is 39.8 Å². The van der Waals surface area contributed by atoms with Crippen molar-refractivity contribution in [2.24, 2.45) is 0 Å². The van der Waals surface area contributed by atoms with Crippen molar-refractivity contribution in [2.45, 2.75) is 30.6 Å². The molecule has 0 aromatic carbocycles. The average Bonchev–Trinajstić information content (AvgIpc) is 3.16. The Morgan fingerprint density at radius 3 is 2.91 bits per heavy atom. The number of nitrogens with zero attached hydrogens (tertiary/aromatic N) is 3. The number of β-amino-alcohol motifs (C(OH)–C–C–N with tert-alkyl or cyclic N) is 2. The molecule has 8 heteroatoms. The molecule has 128 valence electrons. The number of thiazole rings is 1. The van der Waals surface area contributed by atoms with Crippen LogP contribution in [0, 0.1) is 0 Å². The highest BCUT2D eigenvalue weighted by Crippen LogP contribution is 2.27. The van der Waals surface area contributed by atoms with E-state index in [0.29, 0.717) is 24.8 Å². The first kappa shape index (κ1) is 16.8. The number of hydrogen-bond acceptors (Lipinski definition) is 7. The molecule has 0 saturated carbocycles. The highest BCUT2D eigenvalue weighted by Gasteiger charge is 2.46. The van der Waals surface area contributed by atoms with E-state index in [2.05, 4.69) is 27.1 Å². The van der Waals surface area contributed by atoms with E-state index in [1.807, 2.05) is 0 Å². The molecule has 0 spiro atoms. The fourth-order valence-corrected chi connectivity index (χ4v) is 3.91. The second kappa shape index (κ2) is 6.82. The van der Waals surface area contributed by atoms with E-state index in [4.69, 9.17) is 0 Å². The molecule has 23 heavy (non-hydrogen) atoms. The van der Waals surface area contributed by atoms with Gasteiger partial charge in [-0.1, -0.05) is 0 Å². The summed E-state index contributed by atoms with van der Waals surface area (Å²) in [4.78, 5) is 20.4. The van der Waals surface area contributed by atoms with Crippen LogP contribution in [0.4, 0.5) is 0 Å². The second-order valence-electron chi connectivity index (χ2n) is 6.64. The van der Waals surface area contributed by atoms with Gasteiger partial charge in [0, 0.05) is 24.5 Å². The van der Waals surface area contributed by atoms with Gasteiger partial charge in [-0.2, -0.15) is 0 Å². The monoisotopic (exact) mass is 340 g/mol. The number of amides is 1. The van der Waals surface area contributed by atoms with Gasteiger partial charge in [0.05, 0.1) is 18.2 Å². The number of carbonyl (C=O) groups excluding carboxylic acids is 1. The molecule has 0 bridgehead atoms. The van der Waals surface area contributed by atoms with Crippen LogP contribution in [0.25, 0.3) is 0 Å². The number of likely N-dealkylation sites (tertiary alicyclic amines) is 2. The first-order chi connectivity index (χ1) is 11.0. The van der Waals surface area contributed by atoms with E-state index in [1.165, 1.54) is 11.3 Å². The SMILES string of the molecule is CN1CCC(N2C[C@@H](O)[C@](O)(CNC(=O)c3cscn3)C2)CC1. The fraction of sp³-hybridized carbons (Fsp3) is 0.733. The number of rotatable bonds is 4. The van der Waals surface area contributed by atoms with Gasteiger partial charge in [0.1, 0.15) is 11.3 Å². The van der Waals surface area contributed by atoms with Gasteiger partial charge in [-0.25, -0.2) is 4.98 Å². The lowest BCUT2D eigenvalue weighted by molar-refractivity contribution is -0.0383. The number of aliphatic hydroxyl groups excluding tert-OH is 1. The molecule has 7 nitrogen and oxygen atoms in total. The third-order valence-electron chi connectivity index (χ3n) is 4.93. The molecule has 2 aliphatic rings. The zero-order chi connectivity index (χ0) is 16.4. The van der Waals surface area contributed by atoms with E-state index in [0.717, 1.165) is 25.9 Å². The quantitative estimate of drug-likeness (QED) is 0.677. The Kier molecular flexibility index (Phi) is 4.98. The predicted octanol–water partition coefficient (Wildman–Crippen LogP) is -0.625. The molecule has 2 aliphatic heterocycles. The molecular weight excluding hydrogens is 316 g/mol. The van der Waals surface area contributed by atoms with Gasteiger partial charge in [0.2, 0.25) is 0 Å². The molecule has 0 aliphatic carbocycles. The summed E-state index contributed by atoms with van der Waals surface area (Å²) >= 11 is 1.35. The maximum Gasteiger partial charge on any atom is 0.270 e. The van der Waals surface area contributed by atoms with Crippen molar-refractivity contribution in [1.29, 1.82) is 0 Å². The standard InChI is InChI=1S/C15H24N4O3S/c1-18-4-2-11(3-5-18)19-6-13(20)15(22,9-19)8-16-14(21)12-7-23-10-17-12/h7,10-11,13,20,22H,2-6,8-9H2,1H3,(H,16,21)/t13-,15+/m1/s1. The first-order valence-corrected chi connectivity index (χ1v) is 8.92. The van der Waals surface area contributed by atoms with Crippen LogP contribution in [-0.4, -0.2) is 88.4 Å². The number of aliphatic hydroxyl groups is 2. The zero-order valence-electron chi connectivity index (χ0n) is 13.3. The molecule has 3 heterocycles. The van der Waals surface area contributed by atoms with Crippen LogP contribution in [0.15, 0.2) is 10.9 Å². The first-order valence-electron chi connectivity index (χ1n) is 7.97. The Morgan fingerprint density at radius 2 is 2.26 bits per heavy atom. The van der Waals surface area contributed by atoms with Crippen LogP contribution in [0.5, 0.6) is 0 Å². The summed E-state index contributed by atoms with van der Waals surface area (Å²) in [6.07, 6.45) is 1.24. The van der Waals surface area contributed by atoms with Crippen molar-refractivity contribution >= 4 is 17.2 Å². The van der Waals surface area contributed by atoms with Gasteiger partial charge >= 0.3 is 0 Å². The van der Waals surface area contributed by atoms with Crippen LogP contribution in [0.3, 0.4) is 0 Å². The Labute approximate surface area is 139 Å². The van der Waals surface area contributed by atoms with Crippen LogP contribution < -0.4 is 5.32 Å². The van der Waals surface area contributed by atoms with E-state index in [-0.39, 0.29) is 12.5 Å². The van der Waals surface area contributed by atoms with Crippen molar-refractivity contribution in [3.63, 3.8) is 0 Å². The minimum absolute atomic E-state index is 0.0354. The number of nitrogens with one attached hydrogen (secondary N) is 1. The largest absolute Gasteiger partial charge is 0.389 e. The van der Waals surface area contributed by atoms with Gasteiger partial charge in [-0.15, -0.1) is 11.3 Å². The average molecular weight is 340 g/mol. The topological polar surface area (TPSA) is 88.9 Å². The van der Waals surface area contributed by atoms with Crippen molar-refractivity contribution in [3.05, 3.63) is 16.6 Å². The molecule has 0 radical (unpaired) electrons. The summed E-state index contributed by atoms with van der Waals surface area (Å²) in [5.74, 6) is -0.315. The van der Waals surface area contributed by atoms with Crippen molar-refractivity contribution < 1.29 is 15.0 Å². The highest BCUT2D eigenvalue weighted by atomic mass is 32.1. The van der Waals surface area contributed by atoms with E-state index in [1.54, 1.807) is 10.9 Å². The van der Waals surface area contributed by atoms with E-state index in [9.17, 15) is 15.0 Å². The summed E-state index contributed by atoms with van der Waals surface area (Å²) in [5.41, 5.74) is 0.642. The summed E-state index contributed by atoms with van der Waals surface area (Å²) in [6.45, 7) is 2.96. The Bertz CT molecular complexity index is 533. The van der Waals surface area contributed by atoms with E-state index < -0.39 is 11.7 Å². The summed E-state index contributed by atoms with van der Waals surface area (Å²) in [5, 5.41) is 25.4. The third kappa shape index (κ3) is 3.72. The van der Waals surface area contributed by atoms with E-state index >= 15 is 0 Å². The van der Waals surface area contributed by atoms with Gasteiger partial charge in [-0.3, -0.25) is 9.69 Å². The number of carbonyl (C=O) groups is 1. The van der Waals surface area contributed by atoms with Crippen LogP contribution >= 0.6 is 11.3 Å². The van der Waals surface area contributed by atoms with Crippen molar-refractivity contribution in [1.82, 2.24) is 20.1 Å². The zero-order valence-corrected chi connectivity index (χ0v) is 14.1. The number of hydrogen-bond donors (Lipinski definition) is 3. The third-order valence-corrected chi connectivity index (χ3v) is 5.52. The Hall–Kier alpha value is -1.06. The van der Waals surface area contributed by atoms with Crippen molar-refractivity contribution in [3.8, 4) is 0 Å². The van der Waals surface area contributed by atoms with Gasteiger partial charge in [0.15, 0.2) is 0 Å². The van der Waals surface area contributed by atoms with Gasteiger partial charge in [-0.05, 0) is 33.0 Å². The molecule has 1 aromatic rings. The molecule has 2 atom stereocenters. The molecular formula is C15H24N4O3S. The molecule has 1 amide bonds. The maximum atomic E-state index is 12.0. The number of piperidine rings is 1. The second-order valence-corrected chi connectivity index (χ2v) is 7.36. The molecule has 3 N–H and O–H groups in total. The lowest BCUT2D eigenvalue weighted by Crippen LogP contribution is -2.52. The molecule has 0 unspecified atom stereocenters. The smallest absolute Gasteiger partial charge is 0.270 e. The molecule has 2 saturated heterocycles. The van der Waals surface area contributed by atoms with Crippen LogP contribution in [0.1, 0.15) is 23.3 Å². The van der Waals surface area contributed by atoms with Crippen LogP contribution in [-0.2, 0) is 0 Å². The maximum absolute atomic E-state index is 12.0. The summed E-state index contributed by atoms with van der Waals surface area (Å²) in [6, 6.07) is 0.393. The number of aromatic nitrogens is 1. The predicted molar refractivity (Wildman–Crippen MR) is 87.5 cm³/mol.